The van der Waals surface area contributed by atoms with Crippen molar-refractivity contribution < 1.29 is 4.79 Å². The summed E-state index contributed by atoms with van der Waals surface area (Å²) in [5.41, 5.74) is 0. The minimum absolute atomic E-state index is 0. The van der Waals surface area contributed by atoms with Gasteiger partial charge in [-0.2, -0.15) is 0 Å². The lowest BCUT2D eigenvalue weighted by atomic mass is 9.67. The molecule has 3 fully saturated rings. The van der Waals surface area contributed by atoms with Crippen molar-refractivity contribution in [2.45, 2.75) is 63.8 Å². The van der Waals surface area contributed by atoms with Crippen molar-refractivity contribution in [3.05, 3.63) is 0 Å². The first kappa shape index (κ1) is 16.1. The van der Waals surface area contributed by atoms with Gasteiger partial charge in [-0.05, 0) is 50.5 Å². The molecule has 0 aromatic carbocycles. The number of halogens is 1. The molecule has 3 unspecified atom stereocenters. The highest BCUT2D eigenvalue weighted by atomic mass is 35.5. The molecular weight excluding hydrogens is 272 g/mol. The van der Waals surface area contributed by atoms with Gasteiger partial charge in [0.2, 0.25) is 5.91 Å². The molecule has 20 heavy (non-hydrogen) atoms. The standard InChI is InChI=1S/C16H28N2O.ClH/c19-16(18-15-6-3-9-17-11-15)14-8-7-12-4-1-2-5-13(12)10-14;/h12-15,17H,1-11H2,(H,18,19);1H/t12?,13?,14?,15-;/m1./s1. The van der Waals surface area contributed by atoms with E-state index in [0.717, 1.165) is 44.2 Å². The van der Waals surface area contributed by atoms with Gasteiger partial charge in [0.25, 0.3) is 0 Å². The van der Waals surface area contributed by atoms with Crippen LogP contribution in [0.1, 0.15) is 57.8 Å². The van der Waals surface area contributed by atoms with Crippen LogP contribution in [0.2, 0.25) is 0 Å². The van der Waals surface area contributed by atoms with E-state index in [9.17, 15) is 4.79 Å². The molecule has 2 N–H and O–H groups in total. The fraction of sp³-hybridized carbons (Fsp3) is 0.938. The Morgan fingerprint density at radius 2 is 1.75 bits per heavy atom. The van der Waals surface area contributed by atoms with Crippen LogP contribution in [0.5, 0.6) is 0 Å². The van der Waals surface area contributed by atoms with Crippen LogP contribution in [-0.2, 0) is 4.79 Å². The fourth-order valence-electron chi connectivity index (χ4n) is 4.41. The van der Waals surface area contributed by atoms with E-state index in [1.807, 2.05) is 0 Å². The average molecular weight is 301 g/mol. The SMILES string of the molecule is Cl.O=C(N[C@@H]1CCCNC1)C1CCC2CCCCC2C1. The topological polar surface area (TPSA) is 41.1 Å². The quantitative estimate of drug-likeness (QED) is 0.823. The molecule has 3 rings (SSSR count). The molecule has 0 spiro atoms. The minimum atomic E-state index is 0. The first-order valence-electron chi connectivity index (χ1n) is 8.34. The maximum Gasteiger partial charge on any atom is 0.223 e. The van der Waals surface area contributed by atoms with Gasteiger partial charge < -0.3 is 10.6 Å². The number of amides is 1. The average Bonchev–Trinajstić information content (AvgIpc) is 2.48. The second-order valence-corrected chi connectivity index (χ2v) is 6.87. The van der Waals surface area contributed by atoms with E-state index < -0.39 is 0 Å². The Kier molecular flexibility index (Phi) is 6.16. The van der Waals surface area contributed by atoms with Crippen LogP contribution in [0.3, 0.4) is 0 Å². The first-order valence-corrected chi connectivity index (χ1v) is 8.34. The lowest BCUT2D eigenvalue weighted by Crippen LogP contribution is -2.48. The smallest absolute Gasteiger partial charge is 0.223 e. The lowest BCUT2D eigenvalue weighted by molar-refractivity contribution is -0.128. The monoisotopic (exact) mass is 300 g/mol. The second-order valence-electron chi connectivity index (χ2n) is 6.87. The third kappa shape index (κ3) is 3.88. The normalized spacial score (nSPS) is 37.4. The molecule has 1 amide bonds. The molecule has 1 saturated heterocycles. The molecule has 1 heterocycles. The van der Waals surface area contributed by atoms with E-state index in [1.165, 1.54) is 38.5 Å². The number of hydrogen-bond acceptors (Lipinski definition) is 2. The van der Waals surface area contributed by atoms with Crippen molar-refractivity contribution in [2.75, 3.05) is 13.1 Å². The molecule has 0 radical (unpaired) electrons. The van der Waals surface area contributed by atoms with Gasteiger partial charge in [-0.1, -0.05) is 25.7 Å². The summed E-state index contributed by atoms with van der Waals surface area (Å²) >= 11 is 0. The molecule has 116 valence electrons. The Labute approximate surface area is 129 Å². The Morgan fingerprint density at radius 3 is 2.50 bits per heavy atom. The summed E-state index contributed by atoms with van der Waals surface area (Å²) in [7, 11) is 0. The molecule has 0 bridgehead atoms. The highest BCUT2D eigenvalue weighted by Crippen LogP contribution is 2.42. The molecule has 1 aliphatic heterocycles. The molecule has 2 saturated carbocycles. The van der Waals surface area contributed by atoms with E-state index in [2.05, 4.69) is 10.6 Å². The zero-order valence-corrected chi connectivity index (χ0v) is 13.2. The van der Waals surface area contributed by atoms with Crippen molar-refractivity contribution in [1.82, 2.24) is 10.6 Å². The zero-order valence-electron chi connectivity index (χ0n) is 12.4. The summed E-state index contributed by atoms with van der Waals surface area (Å²) in [5, 5.41) is 6.66. The summed E-state index contributed by atoms with van der Waals surface area (Å²) in [6.07, 6.45) is 11.5. The van der Waals surface area contributed by atoms with Crippen LogP contribution in [0, 0.1) is 17.8 Å². The minimum Gasteiger partial charge on any atom is -0.352 e. The predicted molar refractivity (Wildman–Crippen MR) is 84.1 cm³/mol. The highest BCUT2D eigenvalue weighted by molar-refractivity contribution is 5.85. The molecule has 4 heteroatoms. The van der Waals surface area contributed by atoms with Gasteiger partial charge >= 0.3 is 0 Å². The number of piperidine rings is 1. The van der Waals surface area contributed by atoms with Crippen LogP contribution in [-0.4, -0.2) is 25.0 Å². The molecule has 0 aromatic rings. The Morgan fingerprint density at radius 1 is 0.950 bits per heavy atom. The largest absolute Gasteiger partial charge is 0.352 e. The summed E-state index contributed by atoms with van der Waals surface area (Å²) < 4.78 is 0. The lowest BCUT2D eigenvalue weighted by Gasteiger charge is -2.39. The van der Waals surface area contributed by atoms with Crippen LogP contribution in [0.25, 0.3) is 0 Å². The summed E-state index contributed by atoms with van der Waals surface area (Å²) in [6, 6.07) is 0.380. The number of rotatable bonds is 2. The molecule has 4 atom stereocenters. The van der Waals surface area contributed by atoms with Crippen LogP contribution < -0.4 is 10.6 Å². The number of hydrogen-bond donors (Lipinski definition) is 2. The Bertz CT molecular complexity index is 318. The fourth-order valence-corrected chi connectivity index (χ4v) is 4.41. The van der Waals surface area contributed by atoms with Crippen LogP contribution in [0.4, 0.5) is 0 Å². The number of nitrogens with one attached hydrogen (secondary N) is 2. The van der Waals surface area contributed by atoms with E-state index in [4.69, 9.17) is 0 Å². The van der Waals surface area contributed by atoms with Crippen molar-refractivity contribution in [3.8, 4) is 0 Å². The van der Waals surface area contributed by atoms with Gasteiger partial charge in [-0.25, -0.2) is 0 Å². The van der Waals surface area contributed by atoms with Crippen LogP contribution >= 0.6 is 12.4 Å². The van der Waals surface area contributed by atoms with Gasteiger partial charge in [0.15, 0.2) is 0 Å². The highest BCUT2D eigenvalue weighted by Gasteiger charge is 2.35. The van der Waals surface area contributed by atoms with E-state index >= 15 is 0 Å². The predicted octanol–water partition coefficient (Wildman–Crippen LogP) is 2.88. The Balaban J connectivity index is 0.00000147. The van der Waals surface area contributed by atoms with Gasteiger partial charge in [0.05, 0.1) is 0 Å². The van der Waals surface area contributed by atoms with E-state index in [-0.39, 0.29) is 12.4 Å². The number of fused-ring (bicyclic) bond motifs is 1. The van der Waals surface area contributed by atoms with Crippen LogP contribution in [0.15, 0.2) is 0 Å². The summed E-state index contributed by atoms with van der Waals surface area (Å²) in [5.74, 6) is 2.44. The molecule has 0 aromatic heterocycles. The molecule has 3 aliphatic rings. The van der Waals surface area contributed by atoms with Crippen molar-refractivity contribution >= 4 is 18.3 Å². The van der Waals surface area contributed by atoms with Crippen molar-refractivity contribution in [2.24, 2.45) is 17.8 Å². The van der Waals surface area contributed by atoms with Gasteiger partial charge in [-0.3, -0.25) is 4.79 Å². The summed E-state index contributed by atoms with van der Waals surface area (Å²) in [4.78, 5) is 12.4. The molecular formula is C16H29ClN2O. The molecule has 2 aliphatic carbocycles. The van der Waals surface area contributed by atoms with Gasteiger partial charge in [-0.15, -0.1) is 12.4 Å². The van der Waals surface area contributed by atoms with Crippen molar-refractivity contribution in [3.63, 3.8) is 0 Å². The zero-order chi connectivity index (χ0) is 13.1. The van der Waals surface area contributed by atoms with E-state index in [1.54, 1.807) is 0 Å². The third-order valence-corrected chi connectivity index (χ3v) is 5.55. The van der Waals surface area contributed by atoms with E-state index in [0.29, 0.717) is 17.9 Å². The second kappa shape index (κ2) is 7.65. The van der Waals surface area contributed by atoms with Gasteiger partial charge in [0, 0.05) is 18.5 Å². The number of carbonyl (C=O) groups is 1. The maximum absolute atomic E-state index is 12.4. The van der Waals surface area contributed by atoms with Gasteiger partial charge in [0.1, 0.15) is 0 Å². The number of carbonyl (C=O) groups excluding carboxylic acids is 1. The molecule has 3 nitrogen and oxygen atoms in total. The van der Waals surface area contributed by atoms with Crippen molar-refractivity contribution in [1.29, 1.82) is 0 Å². The Hall–Kier alpha value is -0.280. The third-order valence-electron chi connectivity index (χ3n) is 5.55. The first-order chi connectivity index (χ1) is 9.33. The summed E-state index contributed by atoms with van der Waals surface area (Å²) in [6.45, 7) is 2.07. The maximum atomic E-state index is 12.4.